The van der Waals surface area contributed by atoms with Crippen molar-refractivity contribution in [2.45, 2.75) is 43.1 Å². The Morgan fingerprint density at radius 2 is 1.39 bits per heavy atom. The SMILES string of the molecule is Cc1ccc(S(=O)(=O)N2CCN(C(=O)c3ccc(S(=O)(=O)N4CCCCC4)o3)CC2)cc1C. The van der Waals surface area contributed by atoms with Gasteiger partial charge >= 0.3 is 0 Å². The van der Waals surface area contributed by atoms with E-state index < -0.39 is 26.0 Å². The van der Waals surface area contributed by atoms with Gasteiger partial charge < -0.3 is 9.32 Å². The molecule has 4 rings (SSSR count). The van der Waals surface area contributed by atoms with E-state index in [4.69, 9.17) is 4.42 Å². The third-order valence-corrected chi connectivity index (χ3v) is 10.0. The third kappa shape index (κ3) is 4.72. The zero-order valence-corrected chi connectivity index (χ0v) is 20.5. The molecule has 0 unspecified atom stereocenters. The minimum Gasteiger partial charge on any atom is -0.438 e. The van der Waals surface area contributed by atoms with Crippen molar-refractivity contribution in [1.29, 1.82) is 0 Å². The quantitative estimate of drug-likeness (QED) is 0.629. The monoisotopic (exact) mass is 495 g/mol. The number of amides is 1. The molecule has 0 spiro atoms. The first-order valence-corrected chi connectivity index (χ1v) is 14.0. The maximum absolute atomic E-state index is 13.0. The molecule has 1 aromatic carbocycles. The Bertz CT molecular complexity index is 1240. The molecule has 2 aliphatic rings. The highest BCUT2D eigenvalue weighted by molar-refractivity contribution is 7.89. The minimum atomic E-state index is -3.76. The van der Waals surface area contributed by atoms with Crippen molar-refractivity contribution in [1.82, 2.24) is 13.5 Å². The van der Waals surface area contributed by atoms with Crippen molar-refractivity contribution < 1.29 is 26.0 Å². The second-order valence-corrected chi connectivity index (χ2v) is 12.3. The molecule has 2 aliphatic heterocycles. The molecule has 0 N–H and O–H groups in total. The van der Waals surface area contributed by atoms with E-state index in [0.29, 0.717) is 13.1 Å². The van der Waals surface area contributed by atoms with Gasteiger partial charge in [0.05, 0.1) is 4.90 Å². The van der Waals surface area contributed by atoms with Gasteiger partial charge in [0.15, 0.2) is 5.76 Å². The number of benzene rings is 1. The Kier molecular flexibility index (Phi) is 6.68. The smallest absolute Gasteiger partial charge is 0.289 e. The summed E-state index contributed by atoms with van der Waals surface area (Å²) in [6, 6.07) is 7.74. The number of piperazine rings is 1. The van der Waals surface area contributed by atoms with Gasteiger partial charge in [-0.1, -0.05) is 12.5 Å². The molecule has 0 radical (unpaired) electrons. The van der Waals surface area contributed by atoms with Crippen LogP contribution in [0.5, 0.6) is 0 Å². The van der Waals surface area contributed by atoms with Crippen molar-refractivity contribution in [3.8, 4) is 0 Å². The third-order valence-electron chi connectivity index (χ3n) is 6.34. The van der Waals surface area contributed by atoms with Crippen LogP contribution in [0.25, 0.3) is 0 Å². The Hall–Kier alpha value is -2.21. The summed E-state index contributed by atoms with van der Waals surface area (Å²) < 4.78 is 59.7. The molecule has 1 aromatic heterocycles. The molecule has 9 nitrogen and oxygen atoms in total. The summed E-state index contributed by atoms with van der Waals surface area (Å²) in [6.07, 6.45) is 2.61. The van der Waals surface area contributed by atoms with Crippen molar-refractivity contribution in [3.05, 3.63) is 47.2 Å². The molecule has 0 saturated carbocycles. The molecule has 33 heavy (non-hydrogen) atoms. The highest BCUT2D eigenvalue weighted by atomic mass is 32.2. The van der Waals surface area contributed by atoms with E-state index in [2.05, 4.69) is 0 Å². The molecule has 0 aliphatic carbocycles. The Balaban J connectivity index is 1.42. The van der Waals surface area contributed by atoms with E-state index in [0.717, 1.165) is 30.4 Å². The van der Waals surface area contributed by atoms with E-state index in [1.807, 2.05) is 13.8 Å². The second-order valence-electron chi connectivity index (χ2n) is 8.53. The van der Waals surface area contributed by atoms with E-state index in [1.54, 1.807) is 18.2 Å². The van der Waals surface area contributed by atoms with Gasteiger partial charge in [0.1, 0.15) is 0 Å². The van der Waals surface area contributed by atoms with Gasteiger partial charge in [-0.2, -0.15) is 8.61 Å². The van der Waals surface area contributed by atoms with Crippen molar-refractivity contribution >= 4 is 26.0 Å². The number of carbonyl (C=O) groups excluding carboxylic acids is 1. The normalized spacial score (nSPS) is 19.0. The molecular formula is C22H29N3O6S2. The first-order chi connectivity index (χ1) is 15.6. The maximum atomic E-state index is 13.0. The van der Waals surface area contributed by atoms with E-state index in [9.17, 15) is 21.6 Å². The lowest BCUT2D eigenvalue weighted by Crippen LogP contribution is -2.50. The number of rotatable bonds is 5. The number of carbonyl (C=O) groups is 1. The molecule has 2 saturated heterocycles. The fraction of sp³-hybridized carbons (Fsp3) is 0.500. The largest absolute Gasteiger partial charge is 0.438 e. The summed E-state index contributed by atoms with van der Waals surface area (Å²) >= 11 is 0. The van der Waals surface area contributed by atoms with Crippen molar-refractivity contribution in [2.75, 3.05) is 39.3 Å². The number of hydrogen-bond donors (Lipinski definition) is 0. The first-order valence-electron chi connectivity index (χ1n) is 11.1. The second kappa shape index (κ2) is 9.21. The van der Waals surface area contributed by atoms with Crippen molar-refractivity contribution in [2.24, 2.45) is 0 Å². The van der Waals surface area contributed by atoms with Gasteiger partial charge in [-0.05, 0) is 62.1 Å². The molecule has 1 amide bonds. The molecule has 2 fully saturated rings. The number of hydrogen-bond acceptors (Lipinski definition) is 6. The average Bonchev–Trinajstić information content (AvgIpc) is 3.32. The number of nitrogens with zero attached hydrogens (tertiary/aromatic N) is 3. The van der Waals surface area contributed by atoms with Crippen molar-refractivity contribution in [3.63, 3.8) is 0 Å². The first kappa shape index (κ1) is 23.9. The van der Waals surface area contributed by atoms with E-state index in [1.165, 1.54) is 25.6 Å². The van der Waals surface area contributed by atoms with Crippen LogP contribution in [-0.2, 0) is 20.0 Å². The van der Waals surface area contributed by atoms with Crippen LogP contribution in [0.3, 0.4) is 0 Å². The predicted molar refractivity (Wildman–Crippen MR) is 122 cm³/mol. The van der Waals surface area contributed by atoms with Gasteiger partial charge in [0.2, 0.25) is 15.1 Å². The van der Waals surface area contributed by atoms with Gasteiger partial charge in [0.25, 0.3) is 15.9 Å². The minimum absolute atomic E-state index is 0.0592. The lowest BCUT2D eigenvalue weighted by molar-refractivity contribution is 0.0660. The zero-order chi connectivity index (χ0) is 23.8. The highest BCUT2D eigenvalue weighted by Crippen LogP contribution is 2.24. The number of sulfonamides is 2. The lowest BCUT2D eigenvalue weighted by atomic mass is 10.1. The maximum Gasteiger partial charge on any atom is 0.289 e. The summed E-state index contributed by atoms with van der Waals surface area (Å²) in [7, 11) is -7.42. The molecule has 0 bridgehead atoms. The van der Waals surface area contributed by atoms with Crippen LogP contribution in [-0.4, -0.2) is 75.5 Å². The van der Waals surface area contributed by atoms with Crippen LogP contribution >= 0.6 is 0 Å². The van der Waals surface area contributed by atoms with Gasteiger partial charge in [-0.15, -0.1) is 0 Å². The molecule has 3 heterocycles. The fourth-order valence-corrected chi connectivity index (χ4v) is 7.05. The van der Waals surface area contributed by atoms with Gasteiger partial charge in [0, 0.05) is 39.3 Å². The van der Waals surface area contributed by atoms with Crippen LogP contribution < -0.4 is 0 Å². The number of piperidine rings is 1. The molecule has 2 aromatic rings. The lowest BCUT2D eigenvalue weighted by Gasteiger charge is -2.33. The molecule has 0 atom stereocenters. The highest BCUT2D eigenvalue weighted by Gasteiger charge is 2.33. The predicted octanol–water partition coefficient (Wildman–Crippen LogP) is 2.22. The van der Waals surface area contributed by atoms with E-state index in [-0.39, 0.29) is 41.9 Å². The summed E-state index contributed by atoms with van der Waals surface area (Å²) in [6.45, 7) is 5.38. The molecular weight excluding hydrogens is 466 g/mol. The average molecular weight is 496 g/mol. The van der Waals surface area contributed by atoms with Crippen LogP contribution in [0.4, 0.5) is 0 Å². The number of aryl methyl sites for hydroxylation is 2. The van der Waals surface area contributed by atoms with Crippen LogP contribution in [0.15, 0.2) is 44.7 Å². The van der Waals surface area contributed by atoms with E-state index >= 15 is 0 Å². The topological polar surface area (TPSA) is 108 Å². The Morgan fingerprint density at radius 3 is 2.03 bits per heavy atom. The Morgan fingerprint density at radius 1 is 0.758 bits per heavy atom. The van der Waals surface area contributed by atoms with Crippen LogP contribution in [0, 0.1) is 13.8 Å². The van der Waals surface area contributed by atoms with Crippen LogP contribution in [0.2, 0.25) is 0 Å². The fourth-order valence-electron chi connectivity index (χ4n) is 4.12. The summed E-state index contributed by atoms with van der Waals surface area (Å²) in [5.74, 6) is -0.505. The van der Waals surface area contributed by atoms with Crippen LogP contribution in [0.1, 0.15) is 40.9 Å². The summed E-state index contributed by atoms with van der Waals surface area (Å²) in [5, 5.41) is -0.233. The van der Waals surface area contributed by atoms with Gasteiger partial charge in [-0.3, -0.25) is 4.79 Å². The molecule has 180 valence electrons. The zero-order valence-electron chi connectivity index (χ0n) is 18.9. The standard InChI is InChI=1S/C22H29N3O6S2/c1-17-6-7-19(16-18(17)2)32(27,28)25-14-12-23(13-15-25)22(26)20-8-9-21(31-20)33(29,30)24-10-4-3-5-11-24/h6-9,16H,3-5,10-15H2,1-2H3. The summed E-state index contributed by atoms with van der Waals surface area (Å²) in [4.78, 5) is 14.6. The summed E-state index contributed by atoms with van der Waals surface area (Å²) in [5.41, 5.74) is 1.92. The van der Waals surface area contributed by atoms with Gasteiger partial charge in [-0.25, -0.2) is 16.8 Å². The molecule has 11 heteroatoms. The number of furan rings is 1. The Labute approximate surface area is 195 Å².